The van der Waals surface area contributed by atoms with E-state index in [4.69, 9.17) is 14.4 Å². The molecule has 0 fully saturated rings. The lowest BCUT2D eigenvalue weighted by Crippen LogP contribution is -2.30. The predicted molar refractivity (Wildman–Crippen MR) is 231 cm³/mol. The molecule has 0 amide bonds. The lowest BCUT2D eigenvalue weighted by molar-refractivity contribution is 0.666. The Morgan fingerprint density at radius 3 is 1.86 bits per heavy atom. The van der Waals surface area contributed by atoms with Crippen LogP contribution >= 0.6 is 0 Å². The van der Waals surface area contributed by atoms with Gasteiger partial charge in [0.05, 0.1) is 22.6 Å². The molecular weight excluding hydrogens is 683 g/mol. The highest BCUT2D eigenvalue weighted by molar-refractivity contribution is 6.12. The van der Waals surface area contributed by atoms with Gasteiger partial charge in [0.1, 0.15) is 5.58 Å². The van der Waals surface area contributed by atoms with Crippen molar-refractivity contribution < 1.29 is 4.42 Å². The van der Waals surface area contributed by atoms with E-state index in [1.54, 1.807) is 0 Å². The Labute approximate surface area is 324 Å². The minimum atomic E-state index is 0.708. The van der Waals surface area contributed by atoms with Gasteiger partial charge in [0.25, 0.3) is 0 Å². The van der Waals surface area contributed by atoms with E-state index in [0.29, 0.717) is 5.82 Å². The second-order valence-electron chi connectivity index (χ2n) is 14.4. The molecule has 0 atom stereocenters. The molecule has 56 heavy (non-hydrogen) atoms. The topological polar surface area (TPSA) is 43.9 Å². The third-order valence-corrected chi connectivity index (χ3v) is 11.1. The van der Waals surface area contributed by atoms with Crippen LogP contribution in [0.4, 0.5) is 0 Å². The third kappa shape index (κ3) is 5.30. The fourth-order valence-corrected chi connectivity index (χ4v) is 8.48. The molecular formula is C52H35N3O. The molecule has 3 heterocycles. The van der Waals surface area contributed by atoms with Crippen molar-refractivity contribution in [3.8, 4) is 61.8 Å². The van der Waals surface area contributed by atoms with Crippen molar-refractivity contribution in [2.45, 2.75) is 12.8 Å². The Balaban J connectivity index is 1.13. The third-order valence-electron chi connectivity index (χ3n) is 11.1. The summed E-state index contributed by atoms with van der Waals surface area (Å²) in [5.74, 6) is 0.708. The number of hydrogen-bond donors (Lipinski definition) is 0. The number of rotatable bonds is 6. The lowest BCUT2D eigenvalue weighted by atomic mass is 9.98. The van der Waals surface area contributed by atoms with Crippen LogP contribution in [-0.2, 0) is 0 Å². The molecule has 0 spiro atoms. The number of nitrogens with zero attached hydrogens (tertiary/aromatic N) is 3. The molecule has 0 radical (unpaired) electrons. The van der Waals surface area contributed by atoms with Crippen molar-refractivity contribution in [3.63, 3.8) is 0 Å². The summed E-state index contributed by atoms with van der Waals surface area (Å²) in [6.07, 6.45) is 6.73. The Bertz CT molecular complexity index is 3180. The lowest BCUT2D eigenvalue weighted by Gasteiger charge is -2.11. The normalized spacial score (nSPS) is 12.4. The van der Waals surface area contributed by atoms with Crippen molar-refractivity contribution in [1.29, 1.82) is 0 Å². The Hall–Kier alpha value is -7.30. The number of hydrogen-bond acceptors (Lipinski definition) is 3. The van der Waals surface area contributed by atoms with Crippen LogP contribution in [0.15, 0.2) is 180 Å². The van der Waals surface area contributed by atoms with Gasteiger partial charge < -0.3 is 8.98 Å². The van der Waals surface area contributed by atoms with Crippen molar-refractivity contribution in [1.82, 2.24) is 14.5 Å². The van der Waals surface area contributed by atoms with Crippen LogP contribution < -0.4 is 10.6 Å². The van der Waals surface area contributed by atoms with Crippen LogP contribution in [0.3, 0.4) is 0 Å². The van der Waals surface area contributed by atoms with Crippen LogP contribution in [0.2, 0.25) is 0 Å². The molecule has 10 aromatic rings. The monoisotopic (exact) mass is 717 g/mol. The van der Waals surface area contributed by atoms with E-state index in [-0.39, 0.29) is 0 Å². The SMILES string of the molecule is C1=c2c(n(-c3cccc4c3oc3c(-c5cccc(-c6ccccc6)c5)cccc34)c3cccc(-c4cc(-c5ccccc5)nc(-c5ccccc5)n4)c23)=CCC1. The average Bonchev–Trinajstić information content (AvgIpc) is 3.83. The molecule has 0 N–H and O–H groups in total. The predicted octanol–water partition coefficient (Wildman–Crippen LogP) is 12.0. The maximum absolute atomic E-state index is 7.06. The summed E-state index contributed by atoms with van der Waals surface area (Å²) >= 11 is 0. The standard InChI is InChI=1S/C52H35N3O/c1-4-16-34(17-5-1)37-22-12-23-38(32-37)39-25-13-26-40-41-27-14-31-48(51(41)56-50(39)40)55-46-29-11-10-24-43(46)49-42(28-15-30-47(49)55)45-33-44(35-18-6-2-7-19-35)53-52(54-45)36-20-8-3-9-21-36/h1-9,12-33H,10-11H2. The molecule has 264 valence electrons. The molecule has 4 heteroatoms. The van der Waals surface area contributed by atoms with Gasteiger partial charge in [0.2, 0.25) is 0 Å². The summed E-state index contributed by atoms with van der Waals surface area (Å²) in [5, 5.41) is 5.80. The zero-order valence-electron chi connectivity index (χ0n) is 30.6. The van der Waals surface area contributed by atoms with Crippen molar-refractivity contribution >= 4 is 45.0 Å². The highest BCUT2D eigenvalue weighted by atomic mass is 16.3. The molecule has 1 aliphatic rings. The number of benzene rings is 7. The van der Waals surface area contributed by atoms with Crippen molar-refractivity contribution in [2.75, 3.05) is 0 Å². The summed E-state index contributed by atoms with van der Waals surface area (Å²) < 4.78 is 9.46. The first kappa shape index (κ1) is 32.2. The van der Waals surface area contributed by atoms with E-state index in [2.05, 4.69) is 168 Å². The quantitative estimate of drug-likeness (QED) is 0.172. The van der Waals surface area contributed by atoms with E-state index in [1.807, 2.05) is 24.3 Å². The molecule has 7 aromatic carbocycles. The van der Waals surface area contributed by atoms with Crippen LogP contribution in [0, 0.1) is 0 Å². The van der Waals surface area contributed by atoms with E-state index in [9.17, 15) is 0 Å². The number of fused-ring (bicyclic) bond motifs is 6. The number of para-hydroxylation sites is 2. The summed E-state index contributed by atoms with van der Waals surface area (Å²) in [7, 11) is 0. The van der Waals surface area contributed by atoms with Crippen LogP contribution in [0.1, 0.15) is 12.8 Å². The van der Waals surface area contributed by atoms with Gasteiger partial charge in [0.15, 0.2) is 11.4 Å². The van der Waals surface area contributed by atoms with Gasteiger partial charge in [-0.05, 0) is 53.8 Å². The molecule has 1 aliphatic carbocycles. The van der Waals surface area contributed by atoms with E-state index < -0.39 is 0 Å². The zero-order chi connectivity index (χ0) is 37.0. The maximum atomic E-state index is 7.06. The fourth-order valence-electron chi connectivity index (χ4n) is 8.48. The molecule has 0 unspecified atom stereocenters. The van der Waals surface area contributed by atoms with Gasteiger partial charge in [-0.3, -0.25) is 0 Å². The summed E-state index contributed by atoms with van der Waals surface area (Å²) in [6, 6.07) is 61.7. The molecule has 0 bridgehead atoms. The first-order valence-electron chi connectivity index (χ1n) is 19.2. The first-order chi connectivity index (χ1) is 27.8. The molecule has 3 aromatic heterocycles. The second-order valence-corrected chi connectivity index (χ2v) is 14.4. The smallest absolute Gasteiger partial charge is 0.160 e. The largest absolute Gasteiger partial charge is 0.453 e. The first-order valence-corrected chi connectivity index (χ1v) is 19.2. The second kappa shape index (κ2) is 13.2. The Morgan fingerprint density at radius 1 is 0.446 bits per heavy atom. The van der Waals surface area contributed by atoms with E-state index >= 15 is 0 Å². The van der Waals surface area contributed by atoms with Crippen LogP contribution in [0.25, 0.3) is 107 Å². The van der Waals surface area contributed by atoms with Gasteiger partial charge in [-0.25, -0.2) is 9.97 Å². The van der Waals surface area contributed by atoms with E-state index in [1.165, 1.54) is 27.1 Å². The van der Waals surface area contributed by atoms with Crippen molar-refractivity contribution in [2.24, 2.45) is 0 Å². The molecule has 0 saturated carbocycles. The Kier molecular flexibility index (Phi) is 7.59. The fraction of sp³-hybridized carbons (Fsp3) is 0.0385. The molecule has 4 nitrogen and oxygen atoms in total. The van der Waals surface area contributed by atoms with Gasteiger partial charge in [-0.2, -0.15) is 0 Å². The summed E-state index contributed by atoms with van der Waals surface area (Å²) in [4.78, 5) is 10.3. The minimum Gasteiger partial charge on any atom is -0.453 e. The van der Waals surface area contributed by atoms with Gasteiger partial charge >= 0.3 is 0 Å². The number of furan rings is 1. The van der Waals surface area contributed by atoms with Crippen LogP contribution in [-0.4, -0.2) is 14.5 Å². The Morgan fingerprint density at radius 2 is 1.05 bits per heavy atom. The molecule has 0 saturated heterocycles. The summed E-state index contributed by atoms with van der Waals surface area (Å²) in [5.41, 5.74) is 13.4. The summed E-state index contributed by atoms with van der Waals surface area (Å²) in [6.45, 7) is 0. The molecule has 0 aliphatic heterocycles. The minimum absolute atomic E-state index is 0.708. The number of aromatic nitrogens is 3. The maximum Gasteiger partial charge on any atom is 0.160 e. The average molecular weight is 718 g/mol. The molecule has 11 rings (SSSR count). The highest BCUT2D eigenvalue weighted by Crippen LogP contribution is 2.40. The van der Waals surface area contributed by atoms with Gasteiger partial charge in [-0.1, -0.05) is 164 Å². The van der Waals surface area contributed by atoms with Crippen LogP contribution in [0.5, 0.6) is 0 Å². The van der Waals surface area contributed by atoms with Gasteiger partial charge in [0, 0.05) is 49.0 Å². The highest BCUT2D eigenvalue weighted by Gasteiger charge is 2.21. The van der Waals surface area contributed by atoms with E-state index in [0.717, 1.165) is 85.2 Å². The zero-order valence-corrected chi connectivity index (χ0v) is 30.6. The van der Waals surface area contributed by atoms with Gasteiger partial charge in [-0.15, -0.1) is 0 Å². The van der Waals surface area contributed by atoms with Crippen molar-refractivity contribution in [3.05, 3.63) is 186 Å².